The van der Waals surface area contributed by atoms with Crippen LogP contribution in [0.4, 0.5) is 5.82 Å². The fourth-order valence-corrected chi connectivity index (χ4v) is 3.77. The van der Waals surface area contributed by atoms with Gasteiger partial charge in [-0.15, -0.1) is 0 Å². The molecule has 0 atom stereocenters. The van der Waals surface area contributed by atoms with Gasteiger partial charge in [0.05, 0.1) is 30.3 Å². The summed E-state index contributed by atoms with van der Waals surface area (Å²) in [6.07, 6.45) is 1.42. The van der Waals surface area contributed by atoms with Crippen molar-refractivity contribution in [3.05, 3.63) is 70.9 Å². The highest BCUT2D eigenvalue weighted by atomic mass is 16.5. The van der Waals surface area contributed by atoms with Gasteiger partial charge in [-0.05, 0) is 37.6 Å². The van der Waals surface area contributed by atoms with E-state index in [2.05, 4.69) is 26.9 Å². The van der Waals surface area contributed by atoms with E-state index in [1.54, 1.807) is 48.1 Å². The third-order valence-corrected chi connectivity index (χ3v) is 5.76. The van der Waals surface area contributed by atoms with Crippen molar-refractivity contribution in [1.82, 2.24) is 20.1 Å². The van der Waals surface area contributed by atoms with Crippen LogP contribution in [0.2, 0.25) is 0 Å². The molecule has 184 valence electrons. The first kappa shape index (κ1) is 24.3. The number of anilines is 1. The summed E-state index contributed by atoms with van der Waals surface area (Å²) in [4.78, 5) is 37.0. The van der Waals surface area contributed by atoms with Crippen LogP contribution in [0.5, 0.6) is 0 Å². The van der Waals surface area contributed by atoms with Gasteiger partial charge in [0.2, 0.25) is 0 Å². The van der Waals surface area contributed by atoms with E-state index in [9.17, 15) is 19.6 Å². The molecule has 11 heteroatoms. The summed E-state index contributed by atoms with van der Waals surface area (Å²) in [5.41, 5.74) is 2.82. The molecule has 0 aliphatic carbocycles. The van der Waals surface area contributed by atoms with Crippen molar-refractivity contribution >= 4 is 34.5 Å². The first-order valence-electron chi connectivity index (χ1n) is 11.2. The molecule has 0 aliphatic rings. The number of ether oxygens (including phenoxy) is 1. The Morgan fingerprint density at radius 3 is 2.75 bits per heavy atom. The molecule has 0 spiro atoms. The highest BCUT2D eigenvalue weighted by Crippen LogP contribution is 2.27. The Morgan fingerprint density at radius 1 is 1.19 bits per heavy atom. The van der Waals surface area contributed by atoms with E-state index < -0.39 is 24.4 Å². The van der Waals surface area contributed by atoms with E-state index in [0.717, 1.165) is 16.8 Å². The summed E-state index contributed by atoms with van der Waals surface area (Å²) in [5, 5.41) is 22.3. The molecule has 4 aromatic rings. The molecule has 1 aromatic carbocycles. The first-order chi connectivity index (χ1) is 17.4. The summed E-state index contributed by atoms with van der Waals surface area (Å²) in [6.45, 7) is 3.44. The SMILES string of the molecule is Cc1c(C#N)c(NC(=O)COC(=O)CCNC(=O)c2n[nH]c3ccccc23)n(Cc2ccco2)c1C. The molecule has 0 unspecified atom stereocenters. The third-order valence-electron chi connectivity index (χ3n) is 5.76. The second kappa shape index (κ2) is 10.6. The van der Waals surface area contributed by atoms with Crippen molar-refractivity contribution in [2.45, 2.75) is 26.8 Å². The van der Waals surface area contributed by atoms with E-state index in [1.165, 1.54) is 0 Å². The minimum absolute atomic E-state index is 0.0173. The van der Waals surface area contributed by atoms with Crippen LogP contribution in [0.25, 0.3) is 10.9 Å². The summed E-state index contributed by atoms with van der Waals surface area (Å²) >= 11 is 0. The number of rotatable bonds is 9. The molecule has 0 aliphatic heterocycles. The molecule has 0 fully saturated rings. The van der Waals surface area contributed by atoms with E-state index >= 15 is 0 Å². The second-order valence-electron chi connectivity index (χ2n) is 8.04. The second-order valence-corrected chi connectivity index (χ2v) is 8.04. The Labute approximate surface area is 206 Å². The van der Waals surface area contributed by atoms with Gasteiger partial charge in [-0.2, -0.15) is 10.4 Å². The smallest absolute Gasteiger partial charge is 0.308 e. The van der Waals surface area contributed by atoms with Gasteiger partial charge in [-0.25, -0.2) is 0 Å². The number of nitrogens with one attached hydrogen (secondary N) is 3. The van der Waals surface area contributed by atoms with Crippen molar-refractivity contribution in [3.63, 3.8) is 0 Å². The topological polar surface area (TPSA) is 155 Å². The summed E-state index contributed by atoms with van der Waals surface area (Å²) in [6, 6.07) is 12.9. The number of aromatic amines is 1. The molecule has 2 amide bonds. The van der Waals surface area contributed by atoms with Crippen molar-refractivity contribution in [2.75, 3.05) is 18.5 Å². The zero-order valence-corrected chi connectivity index (χ0v) is 19.8. The van der Waals surface area contributed by atoms with Gasteiger partial charge in [0, 0.05) is 17.6 Å². The number of hydrogen-bond acceptors (Lipinski definition) is 7. The summed E-state index contributed by atoms with van der Waals surface area (Å²) in [7, 11) is 0. The number of nitrogens with zero attached hydrogens (tertiary/aromatic N) is 3. The van der Waals surface area contributed by atoms with E-state index in [0.29, 0.717) is 29.1 Å². The Kier molecular flexibility index (Phi) is 7.15. The molecule has 4 rings (SSSR count). The predicted octanol–water partition coefficient (Wildman–Crippen LogP) is 2.80. The van der Waals surface area contributed by atoms with Crippen molar-refractivity contribution < 1.29 is 23.5 Å². The van der Waals surface area contributed by atoms with Crippen LogP contribution < -0.4 is 10.6 Å². The lowest BCUT2D eigenvalue weighted by molar-refractivity contribution is -0.147. The number of furan rings is 1. The molecular formula is C25H24N6O5. The van der Waals surface area contributed by atoms with Gasteiger partial charge in [-0.3, -0.25) is 19.5 Å². The number of benzene rings is 1. The fraction of sp³-hybridized carbons (Fsp3) is 0.240. The van der Waals surface area contributed by atoms with Gasteiger partial charge < -0.3 is 24.4 Å². The normalized spacial score (nSPS) is 10.7. The van der Waals surface area contributed by atoms with Crippen LogP contribution in [0.1, 0.15) is 39.5 Å². The molecule has 3 heterocycles. The van der Waals surface area contributed by atoms with Gasteiger partial charge in [0.1, 0.15) is 17.6 Å². The number of fused-ring (bicyclic) bond motifs is 1. The monoisotopic (exact) mass is 488 g/mol. The van der Waals surface area contributed by atoms with E-state index in [4.69, 9.17) is 9.15 Å². The van der Waals surface area contributed by atoms with Crippen LogP contribution in [0.15, 0.2) is 47.1 Å². The zero-order chi connectivity index (χ0) is 25.7. The third kappa shape index (κ3) is 5.12. The molecule has 0 bridgehead atoms. The van der Waals surface area contributed by atoms with Crippen LogP contribution >= 0.6 is 0 Å². The molecule has 11 nitrogen and oxygen atoms in total. The molecule has 0 saturated carbocycles. The van der Waals surface area contributed by atoms with Crippen LogP contribution in [-0.2, 0) is 20.9 Å². The highest BCUT2D eigenvalue weighted by Gasteiger charge is 2.21. The van der Waals surface area contributed by atoms with Gasteiger partial charge >= 0.3 is 5.97 Å². The number of para-hydroxylation sites is 1. The minimum Gasteiger partial charge on any atom is -0.467 e. The number of carbonyl (C=O) groups excluding carboxylic acids is 3. The van der Waals surface area contributed by atoms with Gasteiger partial charge in [-0.1, -0.05) is 18.2 Å². The number of esters is 1. The standard InChI is InChI=1S/C25H24N6O5/c1-15-16(2)31(13-17-6-5-11-35-17)24(19(15)12-26)28-21(32)14-36-22(33)9-10-27-25(34)23-18-7-3-4-8-20(18)29-30-23/h3-8,11H,9-10,13-14H2,1-2H3,(H,27,34)(H,28,32)(H,29,30). The lowest BCUT2D eigenvalue weighted by atomic mass is 10.2. The Bertz CT molecular complexity index is 1460. The number of H-pyrrole nitrogens is 1. The first-order valence-corrected chi connectivity index (χ1v) is 11.2. The van der Waals surface area contributed by atoms with E-state index in [-0.39, 0.29) is 18.7 Å². The van der Waals surface area contributed by atoms with E-state index in [1.807, 2.05) is 13.0 Å². The fourth-order valence-electron chi connectivity index (χ4n) is 3.77. The van der Waals surface area contributed by atoms with Crippen LogP contribution in [0.3, 0.4) is 0 Å². The van der Waals surface area contributed by atoms with Crippen molar-refractivity contribution in [1.29, 1.82) is 5.26 Å². The highest BCUT2D eigenvalue weighted by molar-refractivity contribution is 6.04. The quantitative estimate of drug-likeness (QED) is 0.306. The molecule has 0 radical (unpaired) electrons. The lowest BCUT2D eigenvalue weighted by Crippen LogP contribution is -2.28. The largest absolute Gasteiger partial charge is 0.467 e. The Hall–Kier alpha value is -4.85. The average molecular weight is 489 g/mol. The average Bonchev–Trinajstić information content (AvgIpc) is 3.59. The van der Waals surface area contributed by atoms with Crippen LogP contribution in [-0.4, -0.2) is 45.7 Å². The maximum absolute atomic E-state index is 12.5. The van der Waals surface area contributed by atoms with Crippen molar-refractivity contribution in [3.8, 4) is 6.07 Å². The van der Waals surface area contributed by atoms with Crippen LogP contribution in [0, 0.1) is 25.2 Å². The number of aromatic nitrogens is 3. The van der Waals surface area contributed by atoms with Gasteiger partial charge in [0.25, 0.3) is 11.8 Å². The predicted molar refractivity (Wildman–Crippen MR) is 129 cm³/mol. The maximum atomic E-state index is 12.5. The Balaban J connectivity index is 1.29. The minimum atomic E-state index is -0.656. The number of hydrogen-bond donors (Lipinski definition) is 3. The lowest BCUT2D eigenvalue weighted by Gasteiger charge is -2.12. The number of amides is 2. The molecular weight excluding hydrogens is 464 g/mol. The molecule has 0 saturated heterocycles. The maximum Gasteiger partial charge on any atom is 0.308 e. The Morgan fingerprint density at radius 2 is 2.00 bits per heavy atom. The molecule has 3 aromatic heterocycles. The molecule has 3 N–H and O–H groups in total. The van der Waals surface area contributed by atoms with Gasteiger partial charge in [0.15, 0.2) is 12.3 Å². The zero-order valence-electron chi connectivity index (χ0n) is 19.8. The summed E-state index contributed by atoms with van der Waals surface area (Å²) in [5.74, 6) is -0.709. The number of nitriles is 1. The molecule has 36 heavy (non-hydrogen) atoms. The number of carbonyl (C=O) groups is 3. The van der Waals surface area contributed by atoms with Crippen molar-refractivity contribution in [2.24, 2.45) is 0 Å². The summed E-state index contributed by atoms with van der Waals surface area (Å²) < 4.78 is 12.2.